The molecule has 0 bridgehead atoms. The summed E-state index contributed by atoms with van der Waals surface area (Å²) in [6, 6.07) is 17.8. The van der Waals surface area contributed by atoms with Gasteiger partial charge < -0.3 is 15.2 Å². The lowest BCUT2D eigenvalue weighted by Crippen LogP contribution is -2.27. The summed E-state index contributed by atoms with van der Waals surface area (Å²) in [7, 11) is 0. The van der Waals surface area contributed by atoms with Crippen molar-refractivity contribution in [2.75, 3.05) is 6.61 Å². The number of ether oxygens (including phenoxy) is 1. The molecular formula is C25H27NO4S. The van der Waals surface area contributed by atoms with Gasteiger partial charge in [0.1, 0.15) is 12.4 Å². The summed E-state index contributed by atoms with van der Waals surface area (Å²) in [4.78, 5) is 24.9. The molecule has 1 heterocycles. The fourth-order valence-corrected chi connectivity index (χ4v) is 3.86. The second-order valence-corrected chi connectivity index (χ2v) is 8.46. The van der Waals surface area contributed by atoms with Gasteiger partial charge in [-0.05, 0) is 42.2 Å². The fourth-order valence-electron chi connectivity index (χ4n) is 3.21. The molecule has 0 aliphatic rings. The van der Waals surface area contributed by atoms with E-state index in [2.05, 4.69) is 5.32 Å². The molecule has 1 amide bonds. The van der Waals surface area contributed by atoms with Crippen LogP contribution >= 0.6 is 11.3 Å². The van der Waals surface area contributed by atoms with Crippen LogP contribution in [0.3, 0.4) is 0 Å². The number of thiophene rings is 1. The maximum absolute atomic E-state index is 12.8. The Morgan fingerprint density at radius 1 is 1.13 bits per heavy atom. The van der Waals surface area contributed by atoms with Crippen molar-refractivity contribution in [3.63, 3.8) is 0 Å². The highest BCUT2D eigenvalue weighted by Crippen LogP contribution is 2.25. The Morgan fingerprint density at radius 3 is 2.71 bits per heavy atom. The van der Waals surface area contributed by atoms with Crippen molar-refractivity contribution in [2.45, 2.75) is 32.7 Å². The number of carbonyl (C=O) groups excluding carboxylic acids is 1. The minimum atomic E-state index is -0.794. The molecule has 1 unspecified atom stereocenters. The van der Waals surface area contributed by atoms with Crippen LogP contribution in [0.4, 0.5) is 0 Å². The summed E-state index contributed by atoms with van der Waals surface area (Å²) in [5, 5.41) is 16.0. The molecule has 0 spiro atoms. The van der Waals surface area contributed by atoms with Crippen molar-refractivity contribution in [1.82, 2.24) is 5.32 Å². The van der Waals surface area contributed by atoms with Gasteiger partial charge in [0, 0.05) is 10.3 Å². The van der Waals surface area contributed by atoms with Gasteiger partial charge >= 0.3 is 5.97 Å². The van der Waals surface area contributed by atoms with E-state index in [4.69, 9.17) is 9.84 Å². The molecule has 162 valence electrons. The number of nitrogens with one attached hydrogen (secondary N) is 1. The number of rotatable bonds is 11. The van der Waals surface area contributed by atoms with E-state index in [-0.39, 0.29) is 12.5 Å². The van der Waals surface area contributed by atoms with Gasteiger partial charge in [-0.3, -0.25) is 9.59 Å². The number of carboxylic acids is 1. The summed E-state index contributed by atoms with van der Waals surface area (Å²) in [6.45, 7) is 2.32. The normalized spacial score (nSPS) is 12.5. The zero-order valence-corrected chi connectivity index (χ0v) is 18.4. The predicted octanol–water partition coefficient (Wildman–Crippen LogP) is 5.41. The third-order valence-electron chi connectivity index (χ3n) is 5.08. The minimum Gasteiger partial charge on any atom is -0.488 e. The van der Waals surface area contributed by atoms with Crippen LogP contribution in [0.15, 0.2) is 71.6 Å². The molecule has 0 fully saturated rings. The average Bonchev–Trinajstić information content (AvgIpc) is 3.30. The lowest BCUT2D eigenvalue weighted by atomic mass is 10.0. The molecule has 1 aromatic heterocycles. The topological polar surface area (TPSA) is 75.6 Å². The second kappa shape index (κ2) is 11.3. The summed E-state index contributed by atoms with van der Waals surface area (Å²) in [6.07, 6.45) is 3.76. The Kier molecular flexibility index (Phi) is 8.24. The lowest BCUT2D eigenvalue weighted by molar-refractivity contribution is -0.141. The molecule has 3 rings (SSSR count). The largest absolute Gasteiger partial charge is 0.488 e. The van der Waals surface area contributed by atoms with Crippen molar-refractivity contribution in [3.8, 4) is 5.75 Å². The zero-order valence-electron chi connectivity index (χ0n) is 17.5. The van der Waals surface area contributed by atoms with Crippen LogP contribution in [-0.4, -0.2) is 23.6 Å². The molecular weight excluding hydrogens is 410 g/mol. The summed E-state index contributed by atoms with van der Waals surface area (Å²) in [5.41, 5.74) is 0.549. The maximum atomic E-state index is 12.8. The molecule has 31 heavy (non-hydrogen) atoms. The monoisotopic (exact) mass is 437 g/mol. The molecule has 5 nitrogen and oxygen atoms in total. The van der Waals surface area contributed by atoms with Crippen LogP contribution in [0.25, 0.3) is 10.8 Å². The third kappa shape index (κ3) is 6.69. The summed E-state index contributed by atoms with van der Waals surface area (Å²) < 4.78 is 6.04. The highest BCUT2D eigenvalue weighted by atomic mass is 32.1. The second-order valence-electron chi connectivity index (χ2n) is 7.43. The maximum Gasteiger partial charge on any atom is 0.306 e. The Labute approximate surface area is 186 Å². The first-order chi connectivity index (χ1) is 15.0. The van der Waals surface area contributed by atoms with E-state index in [0.717, 1.165) is 21.4 Å². The van der Waals surface area contributed by atoms with Crippen LogP contribution in [0.5, 0.6) is 5.75 Å². The molecule has 0 aliphatic heterocycles. The van der Waals surface area contributed by atoms with Gasteiger partial charge in [0.2, 0.25) is 0 Å². The van der Waals surface area contributed by atoms with E-state index in [1.165, 1.54) is 0 Å². The van der Waals surface area contributed by atoms with Gasteiger partial charge in [0.15, 0.2) is 0 Å². The first-order valence-electron chi connectivity index (χ1n) is 10.4. The van der Waals surface area contributed by atoms with Gasteiger partial charge in [-0.25, -0.2) is 0 Å². The molecule has 2 aromatic carbocycles. The van der Waals surface area contributed by atoms with Crippen molar-refractivity contribution >= 4 is 34.0 Å². The van der Waals surface area contributed by atoms with Crippen LogP contribution in [0.2, 0.25) is 0 Å². The van der Waals surface area contributed by atoms with E-state index >= 15 is 0 Å². The number of allylic oxidation sites excluding steroid dienone is 1. The Hall–Kier alpha value is -3.12. The van der Waals surface area contributed by atoms with Crippen LogP contribution in [-0.2, 0) is 16.1 Å². The Balaban J connectivity index is 1.67. The molecule has 0 saturated heterocycles. The SMILES string of the molecule is CC(CCCC=C(COc1cccc2ccccc12)C(=O)NCc1cccs1)C(=O)O. The summed E-state index contributed by atoms with van der Waals surface area (Å²) >= 11 is 1.59. The van der Waals surface area contributed by atoms with Crippen LogP contribution in [0, 0.1) is 5.92 Å². The standard InChI is InChI=1S/C25H27NO4S/c1-18(25(28)29)8-2-3-10-20(24(27)26-16-21-12-7-15-31-21)17-30-23-14-6-11-19-9-4-5-13-22(19)23/h4-7,9-15,18H,2-3,8,16-17H2,1H3,(H,26,27)(H,28,29). The number of fused-ring (bicyclic) bond motifs is 1. The van der Waals surface area contributed by atoms with Crippen molar-refractivity contribution in [1.29, 1.82) is 0 Å². The molecule has 1 atom stereocenters. The van der Waals surface area contributed by atoms with E-state index in [1.807, 2.05) is 66.1 Å². The quantitative estimate of drug-likeness (QED) is 0.310. The van der Waals surface area contributed by atoms with E-state index in [9.17, 15) is 9.59 Å². The van der Waals surface area contributed by atoms with Crippen LogP contribution in [0.1, 0.15) is 31.1 Å². The average molecular weight is 438 g/mol. The molecule has 0 radical (unpaired) electrons. The van der Waals surface area contributed by atoms with E-state index < -0.39 is 11.9 Å². The van der Waals surface area contributed by atoms with Crippen LogP contribution < -0.4 is 10.1 Å². The molecule has 6 heteroatoms. The van der Waals surface area contributed by atoms with E-state index in [1.54, 1.807) is 18.3 Å². The van der Waals surface area contributed by atoms with Gasteiger partial charge in [-0.15, -0.1) is 11.3 Å². The number of amides is 1. The lowest BCUT2D eigenvalue weighted by Gasteiger charge is -2.13. The zero-order chi connectivity index (χ0) is 22.1. The number of benzene rings is 2. The number of carbonyl (C=O) groups is 2. The van der Waals surface area contributed by atoms with Crippen molar-refractivity contribution in [2.24, 2.45) is 5.92 Å². The van der Waals surface area contributed by atoms with Gasteiger partial charge in [0.05, 0.1) is 18.0 Å². The first-order valence-corrected chi connectivity index (χ1v) is 11.3. The number of carboxylic acid groups (broad SMARTS) is 1. The predicted molar refractivity (Wildman–Crippen MR) is 124 cm³/mol. The van der Waals surface area contributed by atoms with Gasteiger partial charge in [-0.2, -0.15) is 0 Å². The van der Waals surface area contributed by atoms with Gasteiger partial charge in [0.25, 0.3) is 5.91 Å². The number of hydrogen-bond donors (Lipinski definition) is 2. The number of unbranched alkanes of at least 4 members (excludes halogenated alkanes) is 1. The Bertz CT molecular complexity index is 1040. The number of hydrogen-bond acceptors (Lipinski definition) is 4. The molecule has 3 aromatic rings. The first kappa shape index (κ1) is 22.6. The van der Waals surface area contributed by atoms with Crippen molar-refractivity contribution < 1.29 is 19.4 Å². The Morgan fingerprint density at radius 2 is 1.94 bits per heavy atom. The molecule has 0 saturated carbocycles. The smallest absolute Gasteiger partial charge is 0.306 e. The highest BCUT2D eigenvalue weighted by molar-refractivity contribution is 7.09. The highest BCUT2D eigenvalue weighted by Gasteiger charge is 2.13. The molecule has 2 N–H and O–H groups in total. The fraction of sp³-hybridized carbons (Fsp3) is 0.280. The third-order valence-corrected chi connectivity index (χ3v) is 5.96. The van der Waals surface area contributed by atoms with E-state index in [0.29, 0.717) is 31.4 Å². The summed E-state index contributed by atoms with van der Waals surface area (Å²) in [5.74, 6) is -0.622. The number of aliphatic carboxylic acids is 1. The van der Waals surface area contributed by atoms with Gasteiger partial charge in [-0.1, -0.05) is 55.5 Å². The molecule has 0 aliphatic carbocycles. The van der Waals surface area contributed by atoms with Crippen molar-refractivity contribution in [3.05, 3.63) is 76.5 Å². The minimum absolute atomic E-state index is 0.152.